The molecule has 0 amide bonds. The highest BCUT2D eigenvalue weighted by atomic mass is 35.5. The molecule has 1 heterocycles. The van der Waals surface area contributed by atoms with Crippen LogP contribution in [0.25, 0.3) is 0 Å². The van der Waals surface area contributed by atoms with Crippen molar-refractivity contribution in [2.24, 2.45) is 0 Å². The molecule has 2 atom stereocenters. The Bertz CT molecular complexity index is 587. The third-order valence-electron chi connectivity index (χ3n) is 2.76. The molecule has 1 saturated heterocycles. The number of cyclic esters (lactones) is 1. The van der Waals surface area contributed by atoms with E-state index in [4.69, 9.17) is 21.1 Å². The van der Waals surface area contributed by atoms with Crippen LogP contribution >= 0.6 is 11.6 Å². The highest BCUT2D eigenvalue weighted by Gasteiger charge is 2.35. The van der Waals surface area contributed by atoms with Crippen molar-refractivity contribution in [1.29, 1.82) is 0 Å². The molecule has 1 aliphatic rings. The fraction of sp³-hybridized carbons (Fsp3) is 0.333. The van der Waals surface area contributed by atoms with Gasteiger partial charge in [-0.15, -0.1) is 0 Å². The Kier molecular flexibility index (Phi) is 3.89. The second kappa shape index (κ2) is 5.46. The number of nitro groups is 1. The lowest BCUT2D eigenvalue weighted by molar-refractivity contribution is -0.384. The molecule has 0 N–H and O–H groups in total. The molecule has 0 aromatic heterocycles. The first-order valence-electron chi connectivity index (χ1n) is 5.74. The fourth-order valence-electron chi connectivity index (χ4n) is 1.79. The van der Waals surface area contributed by atoms with Crippen molar-refractivity contribution in [1.82, 2.24) is 0 Å². The third kappa shape index (κ3) is 2.88. The van der Waals surface area contributed by atoms with Crippen LogP contribution in [0.2, 0.25) is 5.02 Å². The van der Waals surface area contributed by atoms with Crippen LogP contribution in [0, 0.1) is 10.1 Å². The Morgan fingerprint density at radius 1 is 1.55 bits per heavy atom. The quantitative estimate of drug-likeness (QED) is 0.482. The summed E-state index contributed by atoms with van der Waals surface area (Å²) >= 11 is 5.80. The number of carbonyl (C=O) groups excluding carboxylic acids is 2. The number of rotatable bonds is 3. The van der Waals surface area contributed by atoms with Crippen molar-refractivity contribution in [3.8, 4) is 0 Å². The number of halogens is 1. The minimum absolute atomic E-state index is 0.0374. The van der Waals surface area contributed by atoms with Gasteiger partial charge < -0.3 is 9.47 Å². The van der Waals surface area contributed by atoms with E-state index < -0.39 is 23.0 Å². The van der Waals surface area contributed by atoms with Gasteiger partial charge in [-0.05, 0) is 13.0 Å². The molecular weight excluding hydrogens is 290 g/mol. The molecule has 2 rings (SSSR count). The number of non-ortho nitro benzene ring substituents is 1. The van der Waals surface area contributed by atoms with Gasteiger partial charge in [-0.2, -0.15) is 0 Å². The van der Waals surface area contributed by atoms with E-state index in [2.05, 4.69) is 0 Å². The molecule has 1 fully saturated rings. The van der Waals surface area contributed by atoms with Crippen LogP contribution in [0.15, 0.2) is 18.2 Å². The van der Waals surface area contributed by atoms with E-state index in [1.807, 2.05) is 0 Å². The average Bonchev–Trinajstić information content (AvgIpc) is 2.67. The van der Waals surface area contributed by atoms with Gasteiger partial charge in [0, 0.05) is 18.6 Å². The number of hydrogen-bond donors (Lipinski definition) is 0. The molecule has 106 valence electrons. The SMILES string of the molecule is C[C@@H]1C[C@H](OC(=O)c2ccc([N+](=O)[O-])cc2Cl)C(=O)O1. The van der Waals surface area contributed by atoms with Crippen molar-refractivity contribution in [3.63, 3.8) is 0 Å². The second-order valence-corrected chi connectivity index (χ2v) is 4.71. The zero-order chi connectivity index (χ0) is 14.9. The summed E-state index contributed by atoms with van der Waals surface area (Å²) < 4.78 is 9.85. The molecule has 0 bridgehead atoms. The first-order valence-corrected chi connectivity index (χ1v) is 6.11. The minimum Gasteiger partial charge on any atom is -0.460 e. The van der Waals surface area contributed by atoms with Gasteiger partial charge in [-0.1, -0.05) is 11.6 Å². The van der Waals surface area contributed by atoms with Gasteiger partial charge in [0.05, 0.1) is 15.5 Å². The van der Waals surface area contributed by atoms with Gasteiger partial charge in [0.15, 0.2) is 0 Å². The molecular formula is C12H10ClNO6. The lowest BCUT2D eigenvalue weighted by Gasteiger charge is -2.09. The summed E-state index contributed by atoms with van der Waals surface area (Å²) in [6.07, 6.45) is -1.01. The van der Waals surface area contributed by atoms with E-state index in [-0.39, 0.29) is 28.8 Å². The van der Waals surface area contributed by atoms with Gasteiger partial charge in [-0.3, -0.25) is 10.1 Å². The zero-order valence-corrected chi connectivity index (χ0v) is 11.1. The maximum Gasteiger partial charge on any atom is 0.347 e. The first-order chi connectivity index (χ1) is 9.38. The standard InChI is InChI=1S/C12H10ClNO6/c1-6-4-10(12(16)19-6)20-11(15)8-3-2-7(14(17)18)5-9(8)13/h2-3,5-6,10H,4H2,1H3/t6-,10+/m1/s1. The highest BCUT2D eigenvalue weighted by molar-refractivity contribution is 6.33. The third-order valence-corrected chi connectivity index (χ3v) is 3.07. The summed E-state index contributed by atoms with van der Waals surface area (Å²) in [4.78, 5) is 33.2. The highest BCUT2D eigenvalue weighted by Crippen LogP contribution is 2.25. The van der Waals surface area contributed by atoms with Gasteiger partial charge in [0.25, 0.3) is 5.69 Å². The van der Waals surface area contributed by atoms with E-state index in [9.17, 15) is 19.7 Å². The molecule has 0 spiro atoms. The molecule has 0 saturated carbocycles. The Morgan fingerprint density at radius 3 is 2.75 bits per heavy atom. The van der Waals surface area contributed by atoms with Crippen LogP contribution in [0.5, 0.6) is 0 Å². The molecule has 1 aromatic carbocycles. The van der Waals surface area contributed by atoms with E-state index in [0.717, 1.165) is 12.1 Å². The summed E-state index contributed by atoms with van der Waals surface area (Å²) in [5, 5.41) is 10.5. The van der Waals surface area contributed by atoms with Crippen LogP contribution in [-0.4, -0.2) is 29.1 Å². The van der Waals surface area contributed by atoms with Crippen LogP contribution < -0.4 is 0 Å². The number of nitro benzene ring substituents is 1. The topological polar surface area (TPSA) is 95.7 Å². The second-order valence-electron chi connectivity index (χ2n) is 4.30. The van der Waals surface area contributed by atoms with Crippen molar-refractivity contribution in [3.05, 3.63) is 38.9 Å². The summed E-state index contributed by atoms with van der Waals surface area (Å²) in [5.74, 6) is -1.43. The van der Waals surface area contributed by atoms with E-state index in [1.54, 1.807) is 6.92 Å². The minimum atomic E-state index is -0.969. The number of hydrogen-bond acceptors (Lipinski definition) is 6. The number of ether oxygens (including phenoxy) is 2. The molecule has 0 radical (unpaired) electrons. The van der Waals surface area contributed by atoms with Crippen LogP contribution in [0.3, 0.4) is 0 Å². The smallest absolute Gasteiger partial charge is 0.347 e. The molecule has 0 unspecified atom stereocenters. The molecule has 20 heavy (non-hydrogen) atoms. The first kappa shape index (κ1) is 14.3. The summed E-state index contributed by atoms with van der Waals surface area (Å²) in [7, 11) is 0. The van der Waals surface area contributed by atoms with Crippen LogP contribution in [-0.2, 0) is 14.3 Å². The molecule has 8 heteroatoms. The predicted molar refractivity (Wildman–Crippen MR) is 67.5 cm³/mol. The average molecular weight is 300 g/mol. The number of nitrogens with zero attached hydrogens (tertiary/aromatic N) is 1. The Labute approximate surface area is 118 Å². The van der Waals surface area contributed by atoms with E-state index >= 15 is 0 Å². The normalized spacial score (nSPS) is 21.4. The zero-order valence-electron chi connectivity index (χ0n) is 10.4. The Balaban J connectivity index is 2.14. The van der Waals surface area contributed by atoms with Gasteiger partial charge in [0.1, 0.15) is 6.10 Å². The molecule has 1 aliphatic heterocycles. The number of esters is 2. The molecule has 1 aromatic rings. The van der Waals surface area contributed by atoms with Gasteiger partial charge in [0.2, 0.25) is 6.10 Å². The van der Waals surface area contributed by atoms with E-state index in [1.165, 1.54) is 6.07 Å². The van der Waals surface area contributed by atoms with E-state index in [0.29, 0.717) is 0 Å². The summed E-state index contributed by atoms with van der Waals surface area (Å²) in [6, 6.07) is 3.37. The van der Waals surface area contributed by atoms with Crippen molar-refractivity contribution in [2.45, 2.75) is 25.6 Å². The summed E-state index contributed by atoms with van der Waals surface area (Å²) in [6.45, 7) is 1.69. The Morgan fingerprint density at radius 2 is 2.25 bits per heavy atom. The van der Waals surface area contributed by atoms with Crippen molar-refractivity contribution < 1.29 is 24.0 Å². The largest absolute Gasteiger partial charge is 0.460 e. The monoisotopic (exact) mass is 299 g/mol. The van der Waals surface area contributed by atoms with Crippen LogP contribution in [0.1, 0.15) is 23.7 Å². The lowest BCUT2D eigenvalue weighted by atomic mass is 10.2. The van der Waals surface area contributed by atoms with Gasteiger partial charge >= 0.3 is 11.9 Å². The van der Waals surface area contributed by atoms with Crippen molar-refractivity contribution >= 4 is 29.2 Å². The summed E-state index contributed by atoms with van der Waals surface area (Å²) in [5.41, 5.74) is -0.273. The van der Waals surface area contributed by atoms with Crippen LogP contribution in [0.4, 0.5) is 5.69 Å². The maximum absolute atomic E-state index is 11.9. The maximum atomic E-state index is 11.9. The fourth-order valence-corrected chi connectivity index (χ4v) is 2.04. The number of carbonyl (C=O) groups is 2. The number of benzene rings is 1. The van der Waals surface area contributed by atoms with Gasteiger partial charge in [-0.25, -0.2) is 9.59 Å². The predicted octanol–water partition coefficient (Wildman–Crippen LogP) is 2.11. The molecule has 7 nitrogen and oxygen atoms in total. The molecule has 0 aliphatic carbocycles. The lowest BCUT2D eigenvalue weighted by Crippen LogP contribution is -2.22. The van der Waals surface area contributed by atoms with Crippen molar-refractivity contribution in [2.75, 3.05) is 0 Å². The Hall–Kier alpha value is -2.15.